The minimum absolute atomic E-state index is 0.0685. The van der Waals surface area contributed by atoms with Crippen LogP contribution in [-0.2, 0) is 24.2 Å². The van der Waals surface area contributed by atoms with Crippen LogP contribution in [0.2, 0.25) is 0 Å². The zero-order valence-electron chi connectivity index (χ0n) is 13.9. The molecule has 0 bridgehead atoms. The van der Waals surface area contributed by atoms with Crippen LogP contribution in [0.5, 0.6) is 0 Å². The zero-order chi connectivity index (χ0) is 16.6. The fraction of sp³-hybridized carbons (Fsp3) is 0.500. The number of fused-ring (bicyclic) bond motifs is 1. The van der Waals surface area contributed by atoms with Gasteiger partial charge in [0, 0.05) is 19.5 Å². The number of amides is 1. The van der Waals surface area contributed by atoms with Crippen LogP contribution in [-0.4, -0.2) is 33.0 Å². The van der Waals surface area contributed by atoms with Gasteiger partial charge >= 0.3 is 0 Å². The Morgan fingerprint density at radius 1 is 1.17 bits per heavy atom. The minimum atomic E-state index is 0.0685. The van der Waals surface area contributed by atoms with E-state index in [0.717, 1.165) is 36.8 Å². The van der Waals surface area contributed by atoms with Crippen LogP contribution in [0.15, 0.2) is 35.5 Å². The Hall–Kier alpha value is -1.82. The summed E-state index contributed by atoms with van der Waals surface area (Å²) in [4.78, 5) is 12.0. The van der Waals surface area contributed by atoms with Crippen LogP contribution < -0.4 is 5.32 Å². The number of carbonyl (C=O) groups excluding carboxylic acids is 1. The first-order chi connectivity index (χ1) is 11.8. The molecule has 1 aliphatic heterocycles. The Bertz CT molecular complexity index is 656. The molecule has 24 heavy (non-hydrogen) atoms. The Morgan fingerprint density at radius 2 is 2.04 bits per heavy atom. The first-order valence-electron chi connectivity index (χ1n) is 8.68. The van der Waals surface area contributed by atoms with Gasteiger partial charge in [-0.05, 0) is 31.2 Å². The Balaban J connectivity index is 1.37. The maximum absolute atomic E-state index is 12.0. The number of aryl methyl sites for hydroxylation is 2. The van der Waals surface area contributed by atoms with Crippen molar-refractivity contribution >= 4 is 17.7 Å². The van der Waals surface area contributed by atoms with Gasteiger partial charge in [-0.3, -0.25) is 4.79 Å². The number of benzene rings is 1. The van der Waals surface area contributed by atoms with Crippen molar-refractivity contribution < 1.29 is 4.79 Å². The summed E-state index contributed by atoms with van der Waals surface area (Å²) in [6.45, 7) is 1.69. The normalized spacial score (nSPS) is 14.0. The van der Waals surface area contributed by atoms with Gasteiger partial charge in [-0.1, -0.05) is 48.5 Å². The second kappa shape index (κ2) is 8.87. The van der Waals surface area contributed by atoms with E-state index in [1.165, 1.54) is 36.6 Å². The third-order valence-electron chi connectivity index (χ3n) is 4.22. The molecule has 2 aromatic rings. The summed E-state index contributed by atoms with van der Waals surface area (Å²) in [7, 11) is 0. The highest BCUT2D eigenvalue weighted by atomic mass is 32.2. The van der Waals surface area contributed by atoms with Gasteiger partial charge in [0.05, 0.1) is 5.75 Å². The molecule has 1 aliphatic rings. The number of nitrogens with zero attached hydrogens (tertiary/aromatic N) is 3. The van der Waals surface area contributed by atoms with Crippen LogP contribution >= 0.6 is 11.8 Å². The molecular formula is C18H24N4OS. The molecule has 6 heteroatoms. The van der Waals surface area contributed by atoms with Crippen molar-refractivity contribution in [3.63, 3.8) is 0 Å². The topological polar surface area (TPSA) is 59.8 Å². The van der Waals surface area contributed by atoms with Crippen molar-refractivity contribution in [1.29, 1.82) is 0 Å². The molecule has 1 amide bonds. The summed E-state index contributed by atoms with van der Waals surface area (Å²) in [5.41, 5.74) is 1.31. The lowest BCUT2D eigenvalue weighted by molar-refractivity contribution is -0.118. The van der Waals surface area contributed by atoms with Crippen LogP contribution in [0.3, 0.4) is 0 Å². The number of hydrogen-bond donors (Lipinski definition) is 1. The first-order valence-corrected chi connectivity index (χ1v) is 9.67. The third kappa shape index (κ3) is 4.84. The second-order valence-corrected chi connectivity index (χ2v) is 7.03. The highest BCUT2D eigenvalue weighted by molar-refractivity contribution is 7.99. The van der Waals surface area contributed by atoms with Crippen molar-refractivity contribution in [3.05, 3.63) is 41.7 Å². The van der Waals surface area contributed by atoms with Gasteiger partial charge in [0.2, 0.25) is 5.91 Å². The van der Waals surface area contributed by atoms with Gasteiger partial charge in [0.25, 0.3) is 0 Å². The molecule has 0 saturated heterocycles. The summed E-state index contributed by atoms with van der Waals surface area (Å²) in [5, 5.41) is 12.4. The molecule has 0 saturated carbocycles. The van der Waals surface area contributed by atoms with Crippen molar-refractivity contribution in [1.82, 2.24) is 20.1 Å². The highest BCUT2D eigenvalue weighted by Crippen LogP contribution is 2.21. The van der Waals surface area contributed by atoms with Gasteiger partial charge in [-0.25, -0.2) is 0 Å². The summed E-state index contributed by atoms with van der Waals surface area (Å²) in [6, 6.07) is 10.4. The van der Waals surface area contributed by atoms with Crippen LogP contribution in [0.4, 0.5) is 0 Å². The van der Waals surface area contributed by atoms with Gasteiger partial charge in [0.1, 0.15) is 5.82 Å². The largest absolute Gasteiger partial charge is 0.355 e. The highest BCUT2D eigenvalue weighted by Gasteiger charge is 2.15. The fourth-order valence-electron chi connectivity index (χ4n) is 2.91. The maximum atomic E-state index is 12.0. The number of rotatable bonds is 7. The second-order valence-electron chi connectivity index (χ2n) is 6.09. The van der Waals surface area contributed by atoms with E-state index in [1.807, 2.05) is 18.2 Å². The Kier molecular flexibility index (Phi) is 6.29. The maximum Gasteiger partial charge on any atom is 0.230 e. The minimum Gasteiger partial charge on any atom is -0.355 e. The Labute approximate surface area is 147 Å². The van der Waals surface area contributed by atoms with E-state index in [2.05, 4.69) is 32.2 Å². The number of hydrogen-bond acceptors (Lipinski definition) is 4. The molecule has 3 rings (SSSR count). The molecule has 0 spiro atoms. The van der Waals surface area contributed by atoms with E-state index in [-0.39, 0.29) is 5.91 Å². The standard InChI is InChI=1S/C18H24N4OS/c23-17(19-12-7-10-15-8-3-1-4-9-15)14-24-18-21-20-16-11-5-2-6-13-22(16)18/h1,3-4,8-9H,2,5-7,10-14H2,(H,19,23). The number of aromatic nitrogens is 3. The van der Waals surface area contributed by atoms with E-state index >= 15 is 0 Å². The van der Waals surface area contributed by atoms with Crippen LogP contribution in [0, 0.1) is 0 Å². The van der Waals surface area contributed by atoms with Crippen LogP contribution in [0.1, 0.15) is 37.1 Å². The molecular weight excluding hydrogens is 320 g/mol. The summed E-state index contributed by atoms with van der Waals surface area (Å²) < 4.78 is 2.18. The first kappa shape index (κ1) is 17.0. The Morgan fingerprint density at radius 3 is 2.92 bits per heavy atom. The molecule has 0 aliphatic carbocycles. The summed E-state index contributed by atoms with van der Waals surface area (Å²) >= 11 is 1.49. The van der Waals surface area contributed by atoms with Gasteiger partial charge in [-0.2, -0.15) is 0 Å². The SMILES string of the molecule is O=C(CSc1nnc2n1CCCCC2)NCCCc1ccccc1. The van der Waals surface area contributed by atoms with Crippen molar-refractivity contribution in [3.8, 4) is 0 Å². The van der Waals surface area contributed by atoms with Crippen molar-refractivity contribution in [2.24, 2.45) is 0 Å². The summed E-state index contributed by atoms with van der Waals surface area (Å²) in [6.07, 6.45) is 6.55. The predicted molar refractivity (Wildman–Crippen MR) is 96.1 cm³/mol. The zero-order valence-corrected chi connectivity index (χ0v) is 14.7. The molecule has 1 N–H and O–H groups in total. The third-order valence-corrected chi connectivity index (χ3v) is 5.18. The molecule has 1 aromatic carbocycles. The van der Waals surface area contributed by atoms with E-state index < -0.39 is 0 Å². The lowest BCUT2D eigenvalue weighted by Crippen LogP contribution is -2.26. The average molecular weight is 344 g/mol. The molecule has 1 aromatic heterocycles. The molecule has 128 valence electrons. The molecule has 0 radical (unpaired) electrons. The van der Waals surface area contributed by atoms with Gasteiger partial charge < -0.3 is 9.88 Å². The van der Waals surface area contributed by atoms with Crippen molar-refractivity contribution in [2.45, 2.75) is 50.2 Å². The predicted octanol–water partition coefficient (Wildman–Crippen LogP) is 2.85. The van der Waals surface area contributed by atoms with E-state index in [0.29, 0.717) is 12.3 Å². The van der Waals surface area contributed by atoms with E-state index in [9.17, 15) is 4.79 Å². The van der Waals surface area contributed by atoms with E-state index in [1.54, 1.807) is 0 Å². The average Bonchev–Trinajstić information content (AvgIpc) is 2.84. The lowest BCUT2D eigenvalue weighted by Gasteiger charge is -2.07. The molecule has 0 fully saturated rings. The van der Waals surface area contributed by atoms with E-state index in [4.69, 9.17) is 0 Å². The molecule has 0 unspecified atom stereocenters. The van der Waals surface area contributed by atoms with Gasteiger partial charge in [-0.15, -0.1) is 10.2 Å². The summed E-state index contributed by atoms with van der Waals surface area (Å²) in [5.74, 6) is 1.54. The molecule has 2 heterocycles. The monoisotopic (exact) mass is 344 g/mol. The smallest absolute Gasteiger partial charge is 0.230 e. The molecule has 5 nitrogen and oxygen atoms in total. The van der Waals surface area contributed by atoms with Crippen molar-refractivity contribution in [2.75, 3.05) is 12.3 Å². The van der Waals surface area contributed by atoms with Gasteiger partial charge in [0.15, 0.2) is 5.16 Å². The number of nitrogens with one attached hydrogen (secondary N) is 1. The van der Waals surface area contributed by atoms with Crippen LogP contribution in [0.25, 0.3) is 0 Å². The number of thioether (sulfide) groups is 1. The molecule has 0 atom stereocenters. The number of carbonyl (C=O) groups is 1. The fourth-order valence-corrected chi connectivity index (χ4v) is 3.72. The quantitative estimate of drug-likeness (QED) is 0.620. The lowest BCUT2D eigenvalue weighted by atomic mass is 10.1.